The Balaban J connectivity index is 2.03. The van der Waals surface area contributed by atoms with E-state index < -0.39 is 0 Å². The summed E-state index contributed by atoms with van der Waals surface area (Å²) in [6.07, 6.45) is 2.02. The van der Waals surface area contributed by atoms with Gasteiger partial charge in [0.1, 0.15) is 0 Å². The van der Waals surface area contributed by atoms with E-state index in [1.807, 2.05) is 12.1 Å². The molecule has 1 N–H and O–H groups in total. The Kier molecular flexibility index (Phi) is 6.10. The lowest BCUT2D eigenvalue weighted by Gasteiger charge is -2.28. The van der Waals surface area contributed by atoms with Crippen molar-refractivity contribution in [3.05, 3.63) is 17.7 Å². The highest BCUT2D eigenvalue weighted by atomic mass is 16.5. The normalized spacial score (nSPS) is 18.3. The SMILES string of the molecule is COc1cc(CNC(=O)C2CCCN(C)C2)cc(OC)c1OC. The number of piperidine rings is 1. The van der Waals surface area contributed by atoms with Crippen LogP contribution in [0.3, 0.4) is 0 Å². The first-order valence-corrected chi connectivity index (χ1v) is 7.84. The zero-order chi connectivity index (χ0) is 16.8. The number of nitrogens with one attached hydrogen (secondary N) is 1. The van der Waals surface area contributed by atoms with Crippen LogP contribution in [0.25, 0.3) is 0 Å². The lowest BCUT2D eigenvalue weighted by molar-refractivity contribution is -0.126. The standard InChI is InChI=1S/C17H26N2O4/c1-19-7-5-6-13(11-19)17(20)18-10-12-8-14(21-2)16(23-4)15(9-12)22-3/h8-9,13H,5-7,10-11H2,1-4H3,(H,18,20). The van der Waals surface area contributed by atoms with E-state index in [0.717, 1.165) is 31.5 Å². The maximum Gasteiger partial charge on any atom is 0.224 e. The van der Waals surface area contributed by atoms with Crippen LogP contribution in [0, 0.1) is 5.92 Å². The second-order valence-electron chi connectivity index (χ2n) is 5.85. The van der Waals surface area contributed by atoms with E-state index in [0.29, 0.717) is 23.8 Å². The molecule has 23 heavy (non-hydrogen) atoms. The van der Waals surface area contributed by atoms with Crippen molar-refractivity contribution in [2.45, 2.75) is 19.4 Å². The molecule has 0 radical (unpaired) electrons. The van der Waals surface area contributed by atoms with Gasteiger partial charge in [-0.25, -0.2) is 0 Å². The summed E-state index contributed by atoms with van der Waals surface area (Å²) in [7, 11) is 6.79. The van der Waals surface area contributed by atoms with Gasteiger partial charge < -0.3 is 24.4 Å². The van der Waals surface area contributed by atoms with Crippen LogP contribution in [0.2, 0.25) is 0 Å². The van der Waals surface area contributed by atoms with Crippen LogP contribution < -0.4 is 19.5 Å². The molecular formula is C17H26N2O4. The highest BCUT2D eigenvalue weighted by Gasteiger charge is 2.23. The third-order valence-corrected chi connectivity index (χ3v) is 4.19. The van der Waals surface area contributed by atoms with Crippen LogP contribution in [0.4, 0.5) is 0 Å². The maximum absolute atomic E-state index is 12.3. The molecule has 0 bridgehead atoms. The Morgan fingerprint density at radius 1 is 1.22 bits per heavy atom. The van der Waals surface area contributed by atoms with E-state index in [1.54, 1.807) is 21.3 Å². The maximum atomic E-state index is 12.3. The molecule has 6 nitrogen and oxygen atoms in total. The summed E-state index contributed by atoms with van der Waals surface area (Å²) >= 11 is 0. The van der Waals surface area contributed by atoms with Crippen molar-refractivity contribution in [3.8, 4) is 17.2 Å². The van der Waals surface area contributed by atoms with Crippen molar-refractivity contribution in [2.24, 2.45) is 5.92 Å². The number of nitrogens with zero attached hydrogens (tertiary/aromatic N) is 1. The lowest BCUT2D eigenvalue weighted by atomic mass is 9.97. The largest absolute Gasteiger partial charge is 0.493 e. The van der Waals surface area contributed by atoms with Crippen LogP contribution >= 0.6 is 0 Å². The molecule has 1 aromatic carbocycles. The summed E-state index contributed by atoms with van der Waals surface area (Å²) in [6.45, 7) is 2.33. The molecule has 1 aliphatic heterocycles. The lowest BCUT2D eigenvalue weighted by Crippen LogP contribution is -2.41. The first-order valence-electron chi connectivity index (χ1n) is 7.84. The molecule has 1 heterocycles. The van der Waals surface area contributed by atoms with E-state index in [4.69, 9.17) is 14.2 Å². The first-order chi connectivity index (χ1) is 11.1. The van der Waals surface area contributed by atoms with Gasteiger partial charge in [0.25, 0.3) is 0 Å². The van der Waals surface area contributed by atoms with Crippen LogP contribution in [0.5, 0.6) is 17.2 Å². The van der Waals surface area contributed by atoms with Gasteiger partial charge in [0.05, 0.1) is 27.2 Å². The molecule has 128 valence electrons. The second kappa shape index (κ2) is 8.06. The highest BCUT2D eigenvalue weighted by molar-refractivity contribution is 5.79. The average molecular weight is 322 g/mol. The topological polar surface area (TPSA) is 60.0 Å². The number of benzene rings is 1. The van der Waals surface area contributed by atoms with Gasteiger partial charge in [-0.3, -0.25) is 4.79 Å². The quantitative estimate of drug-likeness (QED) is 0.863. The molecule has 0 spiro atoms. The van der Waals surface area contributed by atoms with Gasteiger partial charge in [-0.05, 0) is 44.1 Å². The summed E-state index contributed by atoms with van der Waals surface area (Å²) in [6, 6.07) is 3.71. The van der Waals surface area contributed by atoms with E-state index in [9.17, 15) is 4.79 Å². The van der Waals surface area contributed by atoms with Gasteiger partial charge in [-0.15, -0.1) is 0 Å². The second-order valence-corrected chi connectivity index (χ2v) is 5.85. The van der Waals surface area contributed by atoms with Gasteiger partial charge in [0.2, 0.25) is 11.7 Å². The summed E-state index contributed by atoms with van der Waals surface area (Å²) < 4.78 is 16.0. The van der Waals surface area contributed by atoms with E-state index in [1.165, 1.54) is 0 Å². The molecular weight excluding hydrogens is 296 g/mol. The number of hydrogen-bond acceptors (Lipinski definition) is 5. The van der Waals surface area contributed by atoms with E-state index in [-0.39, 0.29) is 11.8 Å². The Bertz CT molecular complexity index is 522. The molecule has 1 aliphatic rings. The number of carbonyl (C=O) groups is 1. The number of carbonyl (C=O) groups excluding carboxylic acids is 1. The fourth-order valence-electron chi connectivity index (χ4n) is 2.95. The third kappa shape index (κ3) is 4.28. The monoisotopic (exact) mass is 322 g/mol. The van der Waals surface area contributed by atoms with Crippen molar-refractivity contribution in [1.29, 1.82) is 0 Å². The van der Waals surface area contributed by atoms with Crippen molar-refractivity contribution < 1.29 is 19.0 Å². The molecule has 0 aromatic heterocycles. The van der Waals surface area contributed by atoms with Crippen LogP contribution in [-0.4, -0.2) is 52.3 Å². The number of methoxy groups -OCH3 is 3. The number of ether oxygens (including phenoxy) is 3. The van der Waals surface area contributed by atoms with Gasteiger partial charge in [0.15, 0.2) is 11.5 Å². The highest BCUT2D eigenvalue weighted by Crippen LogP contribution is 2.38. The molecule has 1 atom stereocenters. The van der Waals surface area contributed by atoms with Gasteiger partial charge in [-0.2, -0.15) is 0 Å². The number of hydrogen-bond donors (Lipinski definition) is 1. The Hall–Kier alpha value is -1.95. The molecule has 0 aliphatic carbocycles. The van der Waals surface area contributed by atoms with Crippen LogP contribution in [-0.2, 0) is 11.3 Å². The molecule has 1 aromatic rings. The first kappa shape index (κ1) is 17.4. The average Bonchev–Trinajstić information content (AvgIpc) is 2.58. The Morgan fingerprint density at radius 2 is 1.87 bits per heavy atom. The van der Waals surface area contributed by atoms with E-state index >= 15 is 0 Å². The molecule has 1 fully saturated rings. The summed E-state index contributed by atoms with van der Waals surface area (Å²) in [5, 5.41) is 3.01. The summed E-state index contributed by atoms with van der Waals surface area (Å²) in [4.78, 5) is 14.5. The molecule has 1 amide bonds. The van der Waals surface area contributed by atoms with Gasteiger partial charge >= 0.3 is 0 Å². The Morgan fingerprint density at radius 3 is 2.39 bits per heavy atom. The van der Waals surface area contributed by atoms with Crippen molar-refractivity contribution in [1.82, 2.24) is 10.2 Å². The zero-order valence-corrected chi connectivity index (χ0v) is 14.3. The van der Waals surface area contributed by atoms with Gasteiger partial charge in [0, 0.05) is 13.1 Å². The van der Waals surface area contributed by atoms with E-state index in [2.05, 4.69) is 17.3 Å². The summed E-state index contributed by atoms with van der Waals surface area (Å²) in [5.74, 6) is 1.90. The fourth-order valence-corrected chi connectivity index (χ4v) is 2.95. The Labute approximate surface area is 137 Å². The molecule has 2 rings (SSSR count). The molecule has 1 saturated heterocycles. The van der Waals surface area contributed by atoms with Crippen molar-refractivity contribution in [3.63, 3.8) is 0 Å². The number of likely N-dealkylation sites (tertiary alicyclic amines) is 1. The summed E-state index contributed by atoms with van der Waals surface area (Å²) in [5.41, 5.74) is 0.914. The van der Waals surface area contributed by atoms with Crippen LogP contribution in [0.1, 0.15) is 18.4 Å². The van der Waals surface area contributed by atoms with Crippen molar-refractivity contribution >= 4 is 5.91 Å². The van der Waals surface area contributed by atoms with Crippen molar-refractivity contribution in [2.75, 3.05) is 41.5 Å². The molecule has 6 heteroatoms. The molecule has 0 saturated carbocycles. The smallest absolute Gasteiger partial charge is 0.224 e. The third-order valence-electron chi connectivity index (χ3n) is 4.19. The fraction of sp³-hybridized carbons (Fsp3) is 0.588. The number of rotatable bonds is 6. The zero-order valence-electron chi connectivity index (χ0n) is 14.3. The van der Waals surface area contributed by atoms with Crippen LogP contribution in [0.15, 0.2) is 12.1 Å². The molecule has 1 unspecified atom stereocenters. The van der Waals surface area contributed by atoms with Gasteiger partial charge in [-0.1, -0.05) is 0 Å². The minimum Gasteiger partial charge on any atom is -0.493 e. The number of amides is 1. The minimum atomic E-state index is 0.0655. The minimum absolute atomic E-state index is 0.0655. The predicted molar refractivity (Wildman–Crippen MR) is 88.2 cm³/mol. The predicted octanol–water partition coefficient (Wildman–Crippen LogP) is 1.67.